The summed E-state index contributed by atoms with van der Waals surface area (Å²) in [7, 11) is 1.38. The van der Waals surface area contributed by atoms with Gasteiger partial charge in [-0.3, -0.25) is 4.79 Å². The van der Waals surface area contributed by atoms with Crippen molar-refractivity contribution in [3.63, 3.8) is 0 Å². The summed E-state index contributed by atoms with van der Waals surface area (Å²) in [6.45, 7) is 4.00. The second kappa shape index (κ2) is 8.28. The van der Waals surface area contributed by atoms with Gasteiger partial charge in [0.25, 0.3) is 5.91 Å². The average molecular weight is 344 g/mol. The van der Waals surface area contributed by atoms with Crippen LogP contribution in [0.25, 0.3) is 0 Å². The second-order valence-corrected chi connectivity index (χ2v) is 4.23. The highest BCUT2D eigenvalue weighted by atomic mass is 19.4. The van der Waals surface area contributed by atoms with Gasteiger partial charge < -0.3 is 10.1 Å². The van der Waals surface area contributed by atoms with Crippen LogP contribution >= 0.6 is 0 Å². The summed E-state index contributed by atoms with van der Waals surface area (Å²) in [5.74, 6) is -1.90. The van der Waals surface area contributed by atoms with Crippen LogP contribution in [0.4, 0.5) is 23.2 Å². The number of benzene rings is 1. The second-order valence-electron chi connectivity index (χ2n) is 4.23. The number of amides is 1. The van der Waals surface area contributed by atoms with E-state index >= 15 is 0 Å². The molecule has 0 radical (unpaired) electrons. The molecule has 130 valence electrons. The molecule has 2 rings (SSSR count). The lowest BCUT2D eigenvalue weighted by molar-refractivity contribution is -0.137. The van der Waals surface area contributed by atoms with Crippen molar-refractivity contribution in [1.29, 1.82) is 0 Å². The van der Waals surface area contributed by atoms with Gasteiger partial charge in [-0.1, -0.05) is 13.8 Å². The number of alkyl halides is 3. The first-order chi connectivity index (χ1) is 11.3. The highest BCUT2D eigenvalue weighted by Crippen LogP contribution is 2.30. The van der Waals surface area contributed by atoms with E-state index in [1.807, 2.05) is 13.8 Å². The standard InChI is InChI=1S/C14H10F4N2O2.C2H6/c1-22-12-7-9(4-5-19-12)20-13(21)10-3-2-8(6-11(10)15)14(16,17)18;1-2/h2-7H,1H3,(H,19,20,21);1-2H3. The monoisotopic (exact) mass is 344 g/mol. The molecule has 0 fully saturated rings. The van der Waals surface area contributed by atoms with Gasteiger partial charge in [0.2, 0.25) is 5.88 Å². The Balaban J connectivity index is 0.00000139. The van der Waals surface area contributed by atoms with Crippen LogP contribution < -0.4 is 10.1 Å². The van der Waals surface area contributed by atoms with Crippen LogP contribution in [0.1, 0.15) is 29.8 Å². The van der Waals surface area contributed by atoms with E-state index in [2.05, 4.69) is 10.3 Å². The first-order valence-electron chi connectivity index (χ1n) is 6.99. The largest absolute Gasteiger partial charge is 0.481 e. The van der Waals surface area contributed by atoms with Crippen molar-refractivity contribution in [3.05, 3.63) is 53.5 Å². The summed E-state index contributed by atoms with van der Waals surface area (Å²) in [6, 6.07) is 4.53. The van der Waals surface area contributed by atoms with Gasteiger partial charge in [-0.2, -0.15) is 13.2 Å². The van der Waals surface area contributed by atoms with Crippen LogP contribution in [-0.2, 0) is 6.18 Å². The Morgan fingerprint density at radius 3 is 2.38 bits per heavy atom. The maximum Gasteiger partial charge on any atom is 0.416 e. The number of anilines is 1. The highest BCUT2D eigenvalue weighted by molar-refractivity contribution is 6.04. The Hall–Kier alpha value is -2.64. The van der Waals surface area contributed by atoms with Gasteiger partial charge in [0.05, 0.1) is 18.2 Å². The summed E-state index contributed by atoms with van der Waals surface area (Å²) in [6.07, 6.45) is -3.31. The first-order valence-corrected chi connectivity index (χ1v) is 6.99. The Morgan fingerprint density at radius 2 is 1.83 bits per heavy atom. The van der Waals surface area contributed by atoms with E-state index in [0.717, 1.165) is 6.07 Å². The number of hydrogen-bond acceptors (Lipinski definition) is 3. The van der Waals surface area contributed by atoms with Crippen molar-refractivity contribution in [1.82, 2.24) is 4.98 Å². The SMILES string of the molecule is CC.COc1cc(NC(=O)c2ccc(C(F)(F)F)cc2F)ccn1. The molecule has 0 saturated heterocycles. The van der Waals surface area contributed by atoms with Gasteiger partial charge in [-0.05, 0) is 24.3 Å². The maximum absolute atomic E-state index is 13.7. The molecule has 0 atom stereocenters. The first kappa shape index (κ1) is 19.4. The molecule has 1 aromatic carbocycles. The molecule has 2 aromatic rings. The average Bonchev–Trinajstić information content (AvgIpc) is 2.55. The van der Waals surface area contributed by atoms with E-state index in [9.17, 15) is 22.4 Å². The summed E-state index contributed by atoms with van der Waals surface area (Å²) >= 11 is 0. The minimum absolute atomic E-state index is 0.227. The third-order valence-electron chi connectivity index (χ3n) is 2.74. The van der Waals surface area contributed by atoms with Crippen molar-refractivity contribution in [2.24, 2.45) is 0 Å². The summed E-state index contributed by atoms with van der Waals surface area (Å²) in [4.78, 5) is 15.7. The van der Waals surface area contributed by atoms with Crippen LogP contribution in [0.5, 0.6) is 5.88 Å². The highest BCUT2D eigenvalue weighted by Gasteiger charge is 2.31. The summed E-state index contributed by atoms with van der Waals surface area (Å²) in [5, 5.41) is 2.35. The minimum atomic E-state index is -4.67. The lowest BCUT2D eigenvalue weighted by Gasteiger charge is -2.10. The normalized spacial score (nSPS) is 10.5. The molecule has 0 bridgehead atoms. The summed E-state index contributed by atoms with van der Waals surface area (Å²) in [5.41, 5.74) is -1.38. The number of pyridine rings is 1. The van der Waals surface area contributed by atoms with Crippen LogP contribution in [0, 0.1) is 5.82 Å². The number of carbonyl (C=O) groups is 1. The minimum Gasteiger partial charge on any atom is -0.481 e. The topological polar surface area (TPSA) is 51.2 Å². The number of methoxy groups -OCH3 is 1. The molecule has 1 heterocycles. The van der Waals surface area contributed by atoms with Gasteiger partial charge >= 0.3 is 6.18 Å². The van der Waals surface area contributed by atoms with E-state index in [1.165, 1.54) is 25.4 Å². The Morgan fingerprint density at radius 1 is 1.17 bits per heavy atom. The van der Waals surface area contributed by atoms with Crippen LogP contribution in [-0.4, -0.2) is 18.0 Å². The number of rotatable bonds is 3. The Labute approximate surface area is 136 Å². The van der Waals surface area contributed by atoms with E-state index < -0.39 is 29.0 Å². The number of halogens is 4. The zero-order valence-corrected chi connectivity index (χ0v) is 13.2. The van der Waals surface area contributed by atoms with Gasteiger partial charge in [0.1, 0.15) is 5.82 Å². The van der Waals surface area contributed by atoms with Crippen molar-refractivity contribution >= 4 is 11.6 Å². The van der Waals surface area contributed by atoms with Crippen molar-refractivity contribution < 1.29 is 27.1 Å². The number of ether oxygens (including phenoxy) is 1. The van der Waals surface area contributed by atoms with Gasteiger partial charge in [-0.15, -0.1) is 0 Å². The van der Waals surface area contributed by atoms with Gasteiger partial charge in [-0.25, -0.2) is 9.37 Å². The molecule has 1 aromatic heterocycles. The molecule has 0 unspecified atom stereocenters. The molecule has 24 heavy (non-hydrogen) atoms. The van der Waals surface area contributed by atoms with Gasteiger partial charge in [0, 0.05) is 18.0 Å². The number of aromatic nitrogens is 1. The fourth-order valence-electron chi connectivity index (χ4n) is 1.67. The number of nitrogens with zero attached hydrogens (tertiary/aromatic N) is 1. The van der Waals surface area contributed by atoms with Crippen LogP contribution in [0.3, 0.4) is 0 Å². The molecule has 0 aliphatic rings. The third-order valence-corrected chi connectivity index (χ3v) is 2.74. The van der Waals surface area contributed by atoms with E-state index in [0.29, 0.717) is 6.07 Å². The van der Waals surface area contributed by atoms with Crippen LogP contribution in [0.2, 0.25) is 0 Å². The molecular weight excluding hydrogens is 328 g/mol. The number of nitrogens with one attached hydrogen (secondary N) is 1. The number of hydrogen-bond donors (Lipinski definition) is 1. The van der Waals surface area contributed by atoms with Crippen LogP contribution in [0.15, 0.2) is 36.5 Å². The Kier molecular flexibility index (Phi) is 6.69. The third kappa shape index (κ3) is 4.94. The maximum atomic E-state index is 13.7. The van der Waals surface area contributed by atoms with Crippen molar-refractivity contribution in [2.45, 2.75) is 20.0 Å². The van der Waals surface area contributed by atoms with E-state index in [4.69, 9.17) is 4.74 Å². The smallest absolute Gasteiger partial charge is 0.416 e. The van der Waals surface area contributed by atoms with Gasteiger partial charge in [0.15, 0.2) is 0 Å². The molecule has 4 nitrogen and oxygen atoms in total. The molecule has 0 saturated carbocycles. The lowest BCUT2D eigenvalue weighted by Crippen LogP contribution is -2.15. The molecule has 1 amide bonds. The molecule has 8 heteroatoms. The quantitative estimate of drug-likeness (QED) is 0.833. The van der Waals surface area contributed by atoms with Crippen molar-refractivity contribution in [3.8, 4) is 5.88 Å². The van der Waals surface area contributed by atoms with Crippen molar-refractivity contribution in [2.75, 3.05) is 12.4 Å². The zero-order chi connectivity index (χ0) is 18.3. The lowest BCUT2D eigenvalue weighted by atomic mass is 10.1. The fraction of sp³-hybridized carbons (Fsp3) is 0.250. The molecular formula is C16H16F4N2O2. The number of carbonyl (C=O) groups excluding carboxylic acids is 1. The predicted molar refractivity (Wildman–Crippen MR) is 81.5 cm³/mol. The van der Waals surface area contributed by atoms with E-state index in [1.54, 1.807) is 0 Å². The molecule has 0 aliphatic heterocycles. The molecule has 0 aliphatic carbocycles. The Bertz CT molecular complexity index is 703. The van der Waals surface area contributed by atoms with E-state index in [-0.39, 0.29) is 17.6 Å². The molecule has 1 N–H and O–H groups in total. The fourth-order valence-corrected chi connectivity index (χ4v) is 1.67. The predicted octanol–water partition coefficient (Wildman–Crippen LogP) is 4.53. The molecule has 0 spiro atoms. The summed E-state index contributed by atoms with van der Waals surface area (Å²) < 4.78 is 55.9. The zero-order valence-electron chi connectivity index (χ0n) is 13.2.